The zero-order chi connectivity index (χ0) is 20.2. The molecule has 2 aliphatic carbocycles. The van der Waals surface area contributed by atoms with Crippen LogP contribution >= 0.6 is 0 Å². The lowest BCUT2D eigenvalue weighted by Crippen LogP contribution is -2.37. The van der Waals surface area contributed by atoms with Crippen molar-refractivity contribution < 1.29 is 23.8 Å². The van der Waals surface area contributed by atoms with Crippen molar-refractivity contribution in [2.45, 2.75) is 42.8 Å². The van der Waals surface area contributed by atoms with Gasteiger partial charge in [-0.3, -0.25) is 4.79 Å². The van der Waals surface area contributed by atoms with Gasteiger partial charge in [-0.25, -0.2) is 4.79 Å². The lowest BCUT2D eigenvalue weighted by molar-refractivity contribution is -0.163. The Morgan fingerprint density at radius 2 is 1.87 bits per heavy atom. The van der Waals surface area contributed by atoms with E-state index in [1.165, 1.54) is 34.6 Å². The average Bonchev–Trinajstić information content (AvgIpc) is 3.52. The highest BCUT2D eigenvalue weighted by Crippen LogP contribution is 2.55. The summed E-state index contributed by atoms with van der Waals surface area (Å²) in [7, 11) is 0.317. The number of hydrogen-bond acceptors (Lipinski definition) is 5. The molecule has 4 fully saturated rings. The molecule has 0 amide bonds. The van der Waals surface area contributed by atoms with Crippen molar-refractivity contribution in [3.63, 3.8) is 0 Å². The molecule has 2 aliphatic heterocycles. The minimum atomic E-state index is -0.391. The summed E-state index contributed by atoms with van der Waals surface area (Å²) in [6.07, 6.45) is 3.76. The average molecular weight is 426 g/mol. The molecule has 5 unspecified atom stereocenters. The molecule has 5 nitrogen and oxygen atoms in total. The number of ether oxygens (including phenoxy) is 3. The van der Waals surface area contributed by atoms with Crippen LogP contribution < -0.4 is 4.74 Å². The predicted octanol–water partition coefficient (Wildman–Crippen LogP) is 3.48. The van der Waals surface area contributed by atoms with Crippen LogP contribution in [0.5, 0.6) is 5.75 Å². The Balaban J connectivity index is 1.16. The summed E-state index contributed by atoms with van der Waals surface area (Å²) < 4.78 is 17.1. The summed E-state index contributed by atoms with van der Waals surface area (Å²) in [5, 5.41) is 2.28. The van der Waals surface area contributed by atoms with Gasteiger partial charge in [0.05, 0.1) is 5.92 Å². The van der Waals surface area contributed by atoms with Crippen molar-refractivity contribution in [1.29, 1.82) is 0 Å². The van der Waals surface area contributed by atoms with Crippen molar-refractivity contribution in [1.82, 2.24) is 0 Å². The highest BCUT2D eigenvalue weighted by atomic mass is 32.2. The molecule has 5 atom stereocenters. The molecule has 2 saturated carbocycles. The van der Waals surface area contributed by atoms with Crippen LogP contribution in [0.1, 0.15) is 25.7 Å². The summed E-state index contributed by atoms with van der Waals surface area (Å²) in [4.78, 5) is 25.8. The van der Waals surface area contributed by atoms with Crippen LogP contribution in [0.3, 0.4) is 0 Å². The molecule has 0 spiro atoms. The number of carbonyl (C=O) groups excluding carboxylic acids is 2. The van der Waals surface area contributed by atoms with E-state index in [-0.39, 0.29) is 42.5 Å². The van der Waals surface area contributed by atoms with Crippen LogP contribution in [0, 0.1) is 17.8 Å². The molecule has 0 N–H and O–H groups in total. The van der Waals surface area contributed by atoms with Crippen molar-refractivity contribution in [2.24, 2.45) is 17.8 Å². The van der Waals surface area contributed by atoms with E-state index < -0.39 is 5.97 Å². The van der Waals surface area contributed by atoms with E-state index in [0.29, 0.717) is 10.9 Å². The van der Waals surface area contributed by atoms with E-state index in [4.69, 9.17) is 14.2 Å². The van der Waals surface area contributed by atoms with Gasteiger partial charge in [-0.2, -0.15) is 0 Å². The Hall–Kier alpha value is -2.21. The molecular formula is C24H25O5S+. The number of hydrogen-bond donors (Lipinski definition) is 0. The van der Waals surface area contributed by atoms with E-state index in [1.807, 2.05) is 12.1 Å². The maximum atomic E-state index is 12.5. The number of benzene rings is 2. The minimum Gasteiger partial charge on any atom is -0.481 e. The van der Waals surface area contributed by atoms with Crippen LogP contribution in [0.15, 0.2) is 41.3 Å². The zero-order valence-electron chi connectivity index (χ0n) is 16.8. The Labute approximate surface area is 178 Å². The maximum Gasteiger partial charge on any atom is 0.344 e. The quantitative estimate of drug-likeness (QED) is 0.542. The van der Waals surface area contributed by atoms with Gasteiger partial charge in [0.15, 0.2) is 11.5 Å². The standard InChI is InChI=1S/C24H25O5S/c25-21(28-22-14-11-17-18(12-14)24(26)29-23(17)22)13-27-19-7-8-20(30-9-3-4-10-30)16-6-2-1-5-15(16)19/h1-2,5-8,14,17-18,22-23H,3-4,9-13H2/q+1. The third kappa shape index (κ3) is 2.91. The summed E-state index contributed by atoms with van der Waals surface area (Å²) in [5.74, 6) is 3.25. The SMILES string of the molecule is O=C(COc1ccc([S+]2CCCC2)c2ccccc12)OC1C2CC3C(=O)OC1C3C2. The Morgan fingerprint density at radius 3 is 2.70 bits per heavy atom. The van der Waals surface area contributed by atoms with Crippen LogP contribution in [-0.4, -0.2) is 42.3 Å². The van der Waals surface area contributed by atoms with Gasteiger partial charge < -0.3 is 14.2 Å². The van der Waals surface area contributed by atoms with Gasteiger partial charge in [0.25, 0.3) is 0 Å². The number of fused-ring (bicyclic) bond motifs is 2. The third-order valence-corrected chi connectivity index (χ3v) is 9.75. The van der Waals surface area contributed by atoms with Gasteiger partial charge in [0.2, 0.25) is 0 Å². The highest BCUT2D eigenvalue weighted by molar-refractivity contribution is 7.97. The molecule has 2 aromatic rings. The number of rotatable bonds is 5. The van der Waals surface area contributed by atoms with Crippen LogP contribution in [0.25, 0.3) is 10.8 Å². The van der Waals surface area contributed by atoms with E-state index in [0.717, 1.165) is 24.0 Å². The van der Waals surface area contributed by atoms with Crippen molar-refractivity contribution >= 4 is 33.6 Å². The second-order valence-corrected chi connectivity index (χ2v) is 11.1. The summed E-state index contributed by atoms with van der Waals surface area (Å²) in [5.41, 5.74) is 0. The van der Waals surface area contributed by atoms with Crippen LogP contribution in [-0.2, 0) is 30.0 Å². The van der Waals surface area contributed by atoms with Crippen molar-refractivity contribution in [3.8, 4) is 5.75 Å². The minimum absolute atomic E-state index is 0.0247. The molecule has 156 valence electrons. The predicted molar refractivity (Wildman–Crippen MR) is 114 cm³/mol. The van der Waals surface area contributed by atoms with Gasteiger partial charge in [0, 0.05) is 33.5 Å². The molecule has 2 bridgehead atoms. The first-order valence-electron chi connectivity index (χ1n) is 10.9. The molecule has 2 saturated heterocycles. The molecule has 0 aromatic heterocycles. The van der Waals surface area contributed by atoms with Gasteiger partial charge >= 0.3 is 11.9 Å². The zero-order valence-corrected chi connectivity index (χ0v) is 17.6. The lowest BCUT2D eigenvalue weighted by Gasteiger charge is -2.25. The van der Waals surface area contributed by atoms with Crippen LogP contribution in [0.4, 0.5) is 0 Å². The van der Waals surface area contributed by atoms with Gasteiger partial charge in [-0.1, -0.05) is 18.2 Å². The maximum absolute atomic E-state index is 12.5. The number of carbonyl (C=O) groups is 2. The fraction of sp³-hybridized carbons (Fsp3) is 0.500. The second-order valence-electron chi connectivity index (χ2n) is 8.86. The third-order valence-electron chi connectivity index (χ3n) is 7.21. The summed E-state index contributed by atoms with van der Waals surface area (Å²) in [6.45, 7) is -0.132. The molecule has 30 heavy (non-hydrogen) atoms. The molecule has 2 heterocycles. The Morgan fingerprint density at radius 1 is 1.07 bits per heavy atom. The smallest absolute Gasteiger partial charge is 0.344 e. The summed E-state index contributed by atoms with van der Waals surface area (Å²) in [6, 6.07) is 12.5. The highest BCUT2D eigenvalue weighted by Gasteiger charge is 2.63. The molecule has 6 heteroatoms. The van der Waals surface area contributed by atoms with Crippen LogP contribution in [0.2, 0.25) is 0 Å². The normalized spacial score (nSPS) is 32.0. The Kier molecular flexibility index (Phi) is 4.44. The van der Waals surface area contributed by atoms with Gasteiger partial charge in [-0.05, 0) is 43.9 Å². The monoisotopic (exact) mass is 425 g/mol. The van der Waals surface area contributed by atoms with E-state index in [9.17, 15) is 9.59 Å². The van der Waals surface area contributed by atoms with Gasteiger partial charge in [0.1, 0.15) is 29.5 Å². The van der Waals surface area contributed by atoms with E-state index >= 15 is 0 Å². The Bertz CT molecular complexity index is 1010. The number of esters is 2. The molecule has 0 radical (unpaired) electrons. The fourth-order valence-corrected chi connectivity index (χ4v) is 8.38. The lowest BCUT2D eigenvalue weighted by atomic mass is 9.88. The van der Waals surface area contributed by atoms with Crippen molar-refractivity contribution in [2.75, 3.05) is 18.1 Å². The molecule has 6 rings (SSSR count). The van der Waals surface area contributed by atoms with E-state index in [1.54, 1.807) is 0 Å². The largest absolute Gasteiger partial charge is 0.481 e. The van der Waals surface area contributed by atoms with E-state index in [2.05, 4.69) is 24.3 Å². The molecule has 4 aliphatic rings. The first-order chi connectivity index (χ1) is 14.7. The summed E-state index contributed by atoms with van der Waals surface area (Å²) >= 11 is 0. The molecular weight excluding hydrogens is 400 g/mol. The first kappa shape index (κ1) is 18.6. The van der Waals surface area contributed by atoms with Crippen molar-refractivity contribution in [3.05, 3.63) is 36.4 Å². The van der Waals surface area contributed by atoms with Gasteiger partial charge in [-0.15, -0.1) is 0 Å². The second kappa shape index (κ2) is 7.19. The fourth-order valence-electron chi connectivity index (χ4n) is 5.88. The first-order valence-corrected chi connectivity index (χ1v) is 12.5. The topological polar surface area (TPSA) is 61.8 Å². The molecule has 2 aromatic carbocycles.